The standard InChI is InChI=1S/C21H24N4O6S2/c26-18(24-22-12-14-8-10-16(32-14)20(28)29)6-4-2-1-3-5-7-19(27)25-23-13-15-9-11-17(33-15)21(30)31/h8-13H,1-7H2,(H,24,26)(H,25,27)(H,28,29)(H,30,31)/p-2/b22-12+,23-13+. The monoisotopic (exact) mass is 490 g/mol. The molecule has 0 unspecified atom stereocenters. The molecule has 0 aliphatic heterocycles. The Morgan fingerprint density at radius 3 is 1.45 bits per heavy atom. The zero-order valence-electron chi connectivity index (χ0n) is 17.6. The van der Waals surface area contributed by atoms with E-state index < -0.39 is 11.9 Å². The predicted molar refractivity (Wildman–Crippen MR) is 121 cm³/mol. The van der Waals surface area contributed by atoms with Crippen molar-refractivity contribution in [3.63, 3.8) is 0 Å². The Hall–Kier alpha value is -3.38. The quantitative estimate of drug-likeness (QED) is 0.227. The van der Waals surface area contributed by atoms with Crippen molar-refractivity contribution in [3.8, 4) is 0 Å². The average Bonchev–Trinajstić information content (AvgIpc) is 3.43. The van der Waals surface area contributed by atoms with Crippen LogP contribution in [0.2, 0.25) is 0 Å². The smallest absolute Gasteiger partial charge is 0.240 e. The first-order chi connectivity index (χ1) is 15.8. The molecule has 0 spiro atoms. The van der Waals surface area contributed by atoms with Gasteiger partial charge >= 0.3 is 0 Å². The number of unbranched alkanes of at least 4 members (excludes halogenated alkanes) is 4. The topological polar surface area (TPSA) is 163 Å². The van der Waals surface area contributed by atoms with Crippen LogP contribution < -0.4 is 21.1 Å². The minimum Gasteiger partial charge on any atom is -0.544 e. The van der Waals surface area contributed by atoms with Gasteiger partial charge in [-0.15, -0.1) is 22.7 Å². The molecule has 2 aromatic heterocycles. The van der Waals surface area contributed by atoms with Crippen LogP contribution in [0, 0.1) is 0 Å². The summed E-state index contributed by atoms with van der Waals surface area (Å²) in [4.78, 5) is 46.3. The van der Waals surface area contributed by atoms with Crippen LogP contribution in [0.15, 0.2) is 34.5 Å². The number of carbonyl (C=O) groups is 4. The van der Waals surface area contributed by atoms with Crippen molar-refractivity contribution >= 4 is 58.9 Å². The number of rotatable bonds is 14. The van der Waals surface area contributed by atoms with Gasteiger partial charge in [-0.3, -0.25) is 9.59 Å². The van der Waals surface area contributed by atoms with Crippen molar-refractivity contribution in [2.75, 3.05) is 0 Å². The van der Waals surface area contributed by atoms with E-state index in [9.17, 15) is 29.4 Å². The molecule has 10 nitrogen and oxygen atoms in total. The minimum atomic E-state index is -1.25. The highest BCUT2D eigenvalue weighted by molar-refractivity contribution is 7.15. The molecule has 0 atom stereocenters. The third-order valence-corrected chi connectivity index (χ3v) is 6.23. The number of thiophene rings is 2. The molecule has 33 heavy (non-hydrogen) atoms. The van der Waals surface area contributed by atoms with Crippen LogP contribution in [-0.2, 0) is 9.59 Å². The normalized spacial score (nSPS) is 11.2. The van der Waals surface area contributed by atoms with E-state index >= 15 is 0 Å². The number of hydrazone groups is 2. The summed E-state index contributed by atoms with van der Waals surface area (Å²) in [7, 11) is 0. The van der Waals surface area contributed by atoms with E-state index in [4.69, 9.17) is 0 Å². The van der Waals surface area contributed by atoms with E-state index in [2.05, 4.69) is 21.1 Å². The molecule has 0 aromatic carbocycles. The summed E-state index contributed by atoms with van der Waals surface area (Å²) in [6, 6.07) is 6.00. The summed E-state index contributed by atoms with van der Waals surface area (Å²) < 4.78 is 0. The largest absolute Gasteiger partial charge is 0.544 e. The molecule has 12 heteroatoms. The molecule has 2 heterocycles. The third kappa shape index (κ3) is 10.2. The molecular weight excluding hydrogens is 468 g/mol. The highest BCUT2D eigenvalue weighted by Crippen LogP contribution is 2.14. The molecule has 0 saturated heterocycles. The van der Waals surface area contributed by atoms with Gasteiger partial charge in [0.05, 0.1) is 34.1 Å². The summed E-state index contributed by atoms with van der Waals surface area (Å²) in [6.07, 6.45) is 7.37. The Balaban J connectivity index is 1.48. The molecule has 2 rings (SSSR count). The first kappa shape index (κ1) is 25.9. The van der Waals surface area contributed by atoms with Gasteiger partial charge in [0, 0.05) is 22.6 Å². The van der Waals surface area contributed by atoms with Crippen LogP contribution in [-0.4, -0.2) is 36.2 Å². The minimum absolute atomic E-state index is 0.0976. The SMILES string of the molecule is O=C(CCCCCCCC(=O)N/N=C/c1ccc(C(=O)[O-])s1)N/N=C/c1ccc(C(=O)[O-])s1. The lowest BCUT2D eigenvalue weighted by molar-refractivity contribution is -0.255. The highest BCUT2D eigenvalue weighted by atomic mass is 32.1. The molecule has 0 radical (unpaired) electrons. The van der Waals surface area contributed by atoms with Crippen molar-refractivity contribution in [1.29, 1.82) is 0 Å². The molecule has 0 aliphatic rings. The number of hydrogen-bond donors (Lipinski definition) is 2. The number of carboxylic acids is 2. The maximum atomic E-state index is 11.7. The summed E-state index contributed by atoms with van der Waals surface area (Å²) in [5.74, 6) is -2.94. The van der Waals surface area contributed by atoms with Crippen molar-refractivity contribution in [2.45, 2.75) is 44.9 Å². The van der Waals surface area contributed by atoms with Crippen molar-refractivity contribution in [1.82, 2.24) is 10.9 Å². The van der Waals surface area contributed by atoms with E-state index in [-0.39, 0.29) is 21.6 Å². The lowest BCUT2D eigenvalue weighted by Gasteiger charge is -2.02. The van der Waals surface area contributed by atoms with Gasteiger partial charge in [-0.25, -0.2) is 10.9 Å². The first-order valence-corrected chi connectivity index (χ1v) is 11.7. The predicted octanol–water partition coefficient (Wildman–Crippen LogP) is 0.868. The molecule has 176 valence electrons. The summed E-state index contributed by atoms with van der Waals surface area (Å²) >= 11 is 2.02. The van der Waals surface area contributed by atoms with Crippen LogP contribution in [0.5, 0.6) is 0 Å². The van der Waals surface area contributed by atoms with E-state index in [0.717, 1.165) is 41.9 Å². The lowest BCUT2D eigenvalue weighted by Crippen LogP contribution is -2.20. The van der Waals surface area contributed by atoms with Gasteiger partial charge in [-0.05, 0) is 37.1 Å². The van der Waals surface area contributed by atoms with Gasteiger partial charge in [0.2, 0.25) is 11.8 Å². The summed E-state index contributed by atoms with van der Waals surface area (Å²) in [6.45, 7) is 0. The van der Waals surface area contributed by atoms with Gasteiger partial charge in [-0.1, -0.05) is 19.3 Å². The molecule has 2 aromatic rings. The molecule has 0 bridgehead atoms. The Morgan fingerprint density at radius 1 is 0.697 bits per heavy atom. The maximum absolute atomic E-state index is 11.7. The summed E-state index contributed by atoms with van der Waals surface area (Å²) in [5, 5.41) is 29.0. The van der Waals surface area contributed by atoms with E-state index in [1.54, 1.807) is 12.1 Å². The van der Waals surface area contributed by atoms with E-state index in [0.29, 0.717) is 35.4 Å². The third-order valence-electron chi connectivity index (χ3n) is 4.23. The second-order valence-corrected chi connectivity index (χ2v) is 9.06. The van der Waals surface area contributed by atoms with Crippen LogP contribution in [0.1, 0.15) is 74.0 Å². The Morgan fingerprint density at radius 2 is 1.09 bits per heavy atom. The van der Waals surface area contributed by atoms with Gasteiger partial charge in [0.1, 0.15) is 0 Å². The maximum Gasteiger partial charge on any atom is 0.240 e. The number of nitrogens with zero attached hydrogens (tertiary/aromatic N) is 2. The number of carbonyl (C=O) groups excluding carboxylic acids is 4. The molecular formula is C21H22N4O6S2-2. The van der Waals surface area contributed by atoms with Gasteiger partial charge in [0.15, 0.2) is 0 Å². The van der Waals surface area contributed by atoms with Crippen LogP contribution in [0.3, 0.4) is 0 Å². The fourth-order valence-corrected chi connectivity index (χ4v) is 4.04. The number of amides is 2. The van der Waals surface area contributed by atoms with Gasteiger partial charge < -0.3 is 19.8 Å². The van der Waals surface area contributed by atoms with Crippen molar-refractivity contribution < 1.29 is 29.4 Å². The molecule has 2 amide bonds. The number of hydrogen-bond acceptors (Lipinski definition) is 10. The fourth-order valence-electron chi connectivity index (χ4n) is 2.61. The Bertz CT molecular complexity index is 947. The fraction of sp³-hybridized carbons (Fsp3) is 0.333. The number of nitrogens with one attached hydrogen (secondary N) is 2. The molecule has 2 N–H and O–H groups in total. The zero-order chi connectivity index (χ0) is 24.1. The van der Waals surface area contributed by atoms with Crippen LogP contribution in [0.4, 0.5) is 0 Å². The Kier molecular flexibility index (Phi) is 10.9. The zero-order valence-corrected chi connectivity index (χ0v) is 19.2. The second-order valence-electron chi connectivity index (χ2n) is 6.83. The van der Waals surface area contributed by atoms with Crippen molar-refractivity contribution in [3.05, 3.63) is 43.8 Å². The van der Waals surface area contributed by atoms with Gasteiger partial charge in [-0.2, -0.15) is 10.2 Å². The van der Waals surface area contributed by atoms with E-state index in [1.807, 2.05) is 0 Å². The summed E-state index contributed by atoms with van der Waals surface area (Å²) in [5.41, 5.74) is 4.80. The van der Waals surface area contributed by atoms with Crippen molar-refractivity contribution in [2.24, 2.45) is 10.2 Å². The molecule has 0 aliphatic carbocycles. The number of carboxylic acid groups (broad SMARTS) is 2. The van der Waals surface area contributed by atoms with Crippen LogP contribution >= 0.6 is 22.7 Å². The molecule has 0 fully saturated rings. The Labute approximate surface area is 198 Å². The van der Waals surface area contributed by atoms with E-state index in [1.165, 1.54) is 24.6 Å². The lowest BCUT2D eigenvalue weighted by atomic mass is 10.1. The van der Waals surface area contributed by atoms with Gasteiger partial charge in [0.25, 0.3) is 0 Å². The first-order valence-electron chi connectivity index (χ1n) is 10.1. The highest BCUT2D eigenvalue weighted by Gasteiger charge is 2.03. The van der Waals surface area contributed by atoms with Crippen LogP contribution in [0.25, 0.3) is 0 Å². The average molecular weight is 491 g/mol. The number of aromatic carboxylic acids is 2. The molecule has 0 saturated carbocycles. The second kappa shape index (κ2) is 13.9.